The molecule has 0 bridgehead atoms. The summed E-state index contributed by atoms with van der Waals surface area (Å²) in [7, 11) is 0. The van der Waals surface area contributed by atoms with Gasteiger partial charge in [-0.1, -0.05) is 0 Å². The van der Waals surface area contributed by atoms with Gasteiger partial charge in [-0.25, -0.2) is 0 Å². The Labute approximate surface area is 68.0 Å². The van der Waals surface area contributed by atoms with Crippen molar-refractivity contribution in [3.63, 3.8) is 0 Å². The van der Waals surface area contributed by atoms with Crippen LogP contribution in [-0.2, 0) is 0 Å². The Kier molecular flexibility index (Phi) is 3.52. The topological polar surface area (TPSA) is 38.0 Å². The molecule has 1 aliphatic rings. The zero-order valence-electron chi connectivity index (χ0n) is 6.21. The average Bonchev–Trinajstić information content (AvgIpc) is 2.43. The van der Waals surface area contributed by atoms with Gasteiger partial charge in [-0.3, -0.25) is 0 Å². The first-order chi connectivity index (χ1) is 4.88. The molecule has 1 heterocycles. The molecule has 3 heteroatoms. The van der Waals surface area contributed by atoms with E-state index in [4.69, 9.17) is 5.73 Å². The highest BCUT2D eigenvalue weighted by Gasteiger charge is 2.21. The molecule has 10 heavy (non-hydrogen) atoms. The van der Waals surface area contributed by atoms with Crippen LogP contribution in [0.25, 0.3) is 0 Å². The number of hydrogen-bond acceptors (Lipinski definition) is 3. The SMILES string of the molecule is NCC(CS)C1CCNC1. The molecule has 0 aliphatic carbocycles. The van der Waals surface area contributed by atoms with E-state index in [2.05, 4.69) is 17.9 Å². The zero-order chi connectivity index (χ0) is 7.40. The summed E-state index contributed by atoms with van der Waals surface area (Å²) in [4.78, 5) is 0. The normalized spacial score (nSPS) is 28.8. The Balaban J connectivity index is 2.29. The maximum absolute atomic E-state index is 5.59. The van der Waals surface area contributed by atoms with Crippen LogP contribution in [0, 0.1) is 11.8 Å². The van der Waals surface area contributed by atoms with E-state index in [0.717, 1.165) is 31.3 Å². The van der Waals surface area contributed by atoms with E-state index in [-0.39, 0.29) is 0 Å². The number of nitrogens with one attached hydrogen (secondary N) is 1. The van der Waals surface area contributed by atoms with Crippen LogP contribution in [-0.4, -0.2) is 25.4 Å². The van der Waals surface area contributed by atoms with Crippen molar-refractivity contribution >= 4 is 12.6 Å². The van der Waals surface area contributed by atoms with Crippen molar-refractivity contribution in [2.75, 3.05) is 25.4 Å². The van der Waals surface area contributed by atoms with Gasteiger partial charge in [-0.05, 0) is 43.6 Å². The van der Waals surface area contributed by atoms with Crippen LogP contribution < -0.4 is 11.1 Å². The summed E-state index contributed by atoms with van der Waals surface area (Å²) in [5.74, 6) is 2.34. The highest BCUT2D eigenvalue weighted by Crippen LogP contribution is 2.18. The molecule has 1 saturated heterocycles. The molecular formula is C7H16N2S. The minimum Gasteiger partial charge on any atom is -0.330 e. The first-order valence-electron chi connectivity index (χ1n) is 3.90. The van der Waals surface area contributed by atoms with Gasteiger partial charge < -0.3 is 11.1 Å². The molecule has 0 aromatic carbocycles. The van der Waals surface area contributed by atoms with Crippen LogP contribution in [0.3, 0.4) is 0 Å². The number of thiol groups is 1. The summed E-state index contributed by atoms with van der Waals surface area (Å²) >= 11 is 4.26. The maximum atomic E-state index is 5.59. The Morgan fingerprint density at radius 3 is 2.90 bits per heavy atom. The Hall–Kier alpha value is 0.270. The van der Waals surface area contributed by atoms with E-state index >= 15 is 0 Å². The quantitative estimate of drug-likeness (QED) is 0.512. The standard InChI is InChI=1S/C7H16N2S/c8-3-7(5-10)6-1-2-9-4-6/h6-7,9-10H,1-5,8H2. The first-order valence-corrected chi connectivity index (χ1v) is 4.53. The van der Waals surface area contributed by atoms with Gasteiger partial charge in [0.2, 0.25) is 0 Å². The van der Waals surface area contributed by atoms with E-state index in [1.54, 1.807) is 0 Å². The maximum Gasteiger partial charge on any atom is -0.00166 e. The fraction of sp³-hybridized carbons (Fsp3) is 1.00. The second-order valence-corrected chi connectivity index (χ2v) is 3.30. The second kappa shape index (κ2) is 4.21. The summed E-state index contributed by atoms with van der Waals surface area (Å²) in [6.07, 6.45) is 1.28. The lowest BCUT2D eigenvalue weighted by Crippen LogP contribution is -2.26. The number of rotatable bonds is 3. The third kappa shape index (κ3) is 1.87. The molecule has 2 atom stereocenters. The van der Waals surface area contributed by atoms with Crippen LogP contribution in [0.15, 0.2) is 0 Å². The fourth-order valence-corrected chi connectivity index (χ4v) is 1.94. The monoisotopic (exact) mass is 160 g/mol. The number of nitrogens with two attached hydrogens (primary N) is 1. The molecule has 1 aliphatic heterocycles. The second-order valence-electron chi connectivity index (χ2n) is 2.93. The lowest BCUT2D eigenvalue weighted by atomic mass is 9.93. The van der Waals surface area contributed by atoms with Gasteiger partial charge in [0.05, 0.1) is 0 Å². The van der Waals surface area contributed by atoms with Gasteiger partial charge in [0.25, 0.3) is 0 Å². The molecule has 1 rings (SSSR count). The Morgan fingerprint density at radius 1 is 1.70 bits per heavy atom. The van der Waals surface area contributed by atoms with Crippen LogP contribution in [0.4, 0.5) is 0 Å². The molecule has 3 N–H and O–H groups in total. The van der Waals surface area contributed by atoms with Gasteiger partial charge in [0.1, 0.15) is 0 Å². The summed E-state index contributed by atoms with van der Waals surface area (Å²) in [5, 5.41) is 3.33. The summed E-state index contributed by atoms with van der Waals surface area (Å²) in [5.41, 5.74) is 5.59. The molecule has 2 nitrogen and oxygen atoms in total. The fourth-order valence-electron chi connectivity index (χ4n) is 1.50. The van der Waals surface area contributed by atoms with Crippen molar-refractivity contribution in [3.05, 3.63) is 0 Å². The van der Waals surface area contributed by atoms with E-state index in [0.29, 0.717) is 5.92 Å². The van der Waals surface area contributed by atoms with Gasteiger partial charge in [-0.2, -0.15) is 12.6 Å². The predicted molar refractivity (Wildman–Crippen MR) is 47.4 cm³/mol. The molecular weight excluding hydrogens is 144 g/mol. The molecule has 0 radical (unpaired) electrons. The molecule has 2 unspecified atom stereocenters. The predicted octanol–water partition coefficient (Wildman–Crippen LogP) is 0.101. The summed E-state index contributed by atoms with van der Waals surface area (Å²) in [6.45, 7) is 3.09. The van der Waals surface area contributed by atoms with Crippen LogP contribution >= 0.6 is 12.6 Å². The van der Waals surface area contributed by atoms with Gasteiger partial charge in [0, 0.05) is 0 Å². The smallest absolute Gasteiger partial charge is 0.00166 e. The minimum atomic E-state index is 0.623. The Bertz CT molecular complexity index is 87.6. The largest absolute Gasteiger partial charge is 0.330 e. The van der Waals surface area contributed by atoms with Crippen molar-refractivity contribution in [1.29, 1.82) is 0 Å². The molecule has 0 saturated carbocycles. The molecule has 0 spiro atoms. The van der Waals surface area contributed by atoms with Crippen molar-refractivity contribution in [2.24, 2.45) is 17.6 Å². The molecule has 1 fully saturated rings. The highest BCUT2D eigenvalue weighted by atomic mass is 32.1. The summed E-state index contributed by atoms with van der Waals surface area (Å²) < 4.78 is 0. The molecule has 0 aromatic rings. The average molecular weight is 160 g/mol. The first kappa shape index (κ1) is 8.37. The Morgan fingerprint density at radius 2 is 2.50 bits per heavy atom. The third-order valence-electron chi connectivity index (χ3n) is 2.30. The van der Waals surface area contributed by atoms with Crippen molar-refractivity contribution in [1.82, 2.24) is 5.32 Å². The highest BCUT2D eigenvalue weighted by molar-refractivity contribution is 7.80. The van der Waals surface area contributed by atoms with Gasteiger partial charge in [0.15, 0.2) is 0 Å². The zero-order valence-corrected chi connectivity index (χ0v) is 7.11. The van der Waals surface area contributed by atoms with Crippen LogP contribution in [0.1, 0.15) is 6.42 Å². The van der Waals surface area contributed by atoms with E-state index in [1.165, 1.54) is 6.42 Å². The lowest BCUT2D eigenvalue weighted by Gasteiger charge is -2.17. The lowest BCUT2D eigenvalue weighted by molar-refractivity contribution is 0.403. The van der Waals surface area contributed by atoms with Crippen molar-refractivity contribution < 1.29 is 0 Å². The van der Waals surface area contributed by atoms with Crippen molar-refractivity contribution in [3.8, 4) is 0 Å². The van der Waals surface area contributed by atoms with Gasteiger partial charge >= 0.3 is 0 Å². The molecule has 0 aromatic heterocycles. The van der Waals surface area contributed by atoms with Crippen LogP contribution in [0.2, 0.25) is 0 Å². The van der Waals surface area contributed by atoms with E-state index < -0.39 is 0 Å². The van der Waals surface area contributed by atoms with E-state index in [1.807, 2.05) is 0 Å². The van der Waals surface area contributed by atoms with Crippen molar-refractivity contribution in [2.45, 2.75) is 6.42 Å². The number of hydrogen-bond donors (Lipinski definition) is 3. The minimum absolute atomic E-state index is 0.623. The third-order valence-corrected chi connectivity index (χ3v) is 2.77. The molecule has 0 amide bonds. The van der Waals surface area contributed by atoms with E-state index in [9.17, 15) is 0 Å². The van der Waals surface area contributed by atoms with Crippen LogP contribution in [0.5, 0.6) is 0 Å². The molecule has 60 valence electrons. The summed E-state index contributed by atoms with van der Waals surface area (Å²) in [6, 6.07) is 0. The van der Waals surface area contributed by atoms with Gasteiger partial charge in [-0.15, -0.1) is 0 Å².